The first-order chi connectivity index (χ1) is 13.0. The SMILES string of the molecule is Cc1ccc(C(C)C)c(OCC(=O)N(Cc2ccco2)Cc2cccs2)c1. The third kappa shape index (κ3) is 5.23. The van der Waals surface area contributed by atoms with Gasteiger partial charge in [0.2, 0.25) is 0 Å². The lowest BCUT2D eigenvalue weighted by Gasteiger charge is -2.22. The molecule has 0 spiro atoms. The van der Waals surface area contributed by atoms with Crippen LogP contribution in [0.4, 0.5) is 0 Å². The summed E-state index contributed by atoms with van der Waals surface area (Å²) in [7, 11) is 0. The Morgan fingerprint density at radius 3 is 2.70 bits per heavy atom. The zero-order chi connectivity index (χ0) is 19.2. The topological polar surface area (TPSA) is 42.7 Å². The molecule has 142 valence electrons. The Morgan fingerprint density at radius 1 is 1.19 bits per heavy atom. The van der Waals surface area contributed by atoms with Crippen molar-refractivity contribution in [1.29, 1.82) is 0 Å². The number of thiophene rings is 1. The van der Waals surface area contributed by atoms with Crippen molar-refractivity contribution in [3.63, 3.8) is 0 Å². The van der Waals surface area contributed by atoms with Crippen molar-refractivity contribution in [2.45, 2.75) is 39.8 Å². The molecular formula is C22H25NO3S. The summed E-state index contributed by atoms with van der Waals surface area (Å²) in [5.41, 5.74) is 2.23. The summed E-state index contributed by atoms with van der Waals surface area (Å²) >= 11 is 1.64. The first kappa shape index (κ1) is 19.2. The summed E-state index contributed by atoms with van der Waals surface area (Å²) in [6.07, 6.45) is 1.63. The van der Waals surface area contributed by atoms with E-state index < -0.39 is 0 Å². The number of carbonyl (C=O) groups excluding carboxylic acids is 1. The van der Waals surface area contributed by atoms with Crippen LogP contribution in [0.15, 0.2) is 58.5 Å². The monoisotopic (exact) mass is 383 g/mol. The third-order valence-electron chi connectivity index (χ3n) is 4.35. The van der Waals surface area contributed by atoms with Crippen LogP contribution >= 0.6 is 11.3 Å². The average Bonchev–Trinajstić information content (AvgIpc) is 3.33. The second-order valence-electron chi connectivity index (χ2n) is 6.89. The summed E-state index contributed by atoms with van der Waals surface area (Å²) in [5, 5.41) is 2.02. The second kappa shape index (κ2) is 8.91. The van der Waals surface area contributed by atoms with Gasteiger partial charge in [-0.05, 0) is 53.6 Å². The molecule has 0 atom stereocenters. The predicted molar refractivity (Wildman–Crippen MR) is 108 cm³/mol. The van der Waals surface area contributed by atoms with Gasteiger partial charge in [0.05, 0.1) is 19.4 Å². The van der Waals surface area contributed by atoms with Gasteiger partial charge in [0, 0.05) is 4.88 Å². The largest absolute Gasteiger partial charge is 0.483 e. The number of hydrogen-bond acceptors (Lipinski definition) is 4. The molecule has 1 amide bonds. The molecule has 0 aliphatic rings. The van der Waals surface area contributed by atoms with Gasteiger partial charge in [-0.1, -0.05) is 32.0 Å². The fraction of sp³-hybridized carbons (Fsp3) is 0.318. The molecule has 0 radical (unpaired) electrons. The van der Waals surface area contributed by atoms with Crippen molar-refractivity contribution < 1.29 is 13.9 Å². The highest BCUT2D eigenvalue weighted by atomic mass is 32.1. The maximum Gasteiger partial charge on any atom is 0.261 e. The van der Waals surface area contributed by atoms with Gasteiger partial charge in [0.15, 0.2) is 6.61 Å². The van der Waals surface area contributed by atoms with Crippen LogP contribution in [0.5, 0.6) is 5.75 Å². The van der Waals surface area contributed by atoms with Gasteiger partial charge in [-0.3, -0.25) is 4.79 Å². The van der Waals surface area contributed by atoms with Gasteiger partial charge in [-0.15, -0.1) is 11.3 Å². The molecule has 1 aromatic carbocycles. The number of ether oxygens (including phenoxy) is 1. The molecule has 4 nitrogen and oxygen atoms in total. The Hall–Kier alpha value is -2.53. The van der Waals surface area contributed by atoms with Gasteiger partial charge in [-0.25, -0.2) is 0 Å². The molecule has 2 aromatic heterocycles. The summed E-state index contributed by atoms with van der Waals surface area (Å²) in [4.78, 5) is 15.8. The van der Waals surface area contributed by atoms with Gasteiger partial charge in [-0.2, -0.15) is 0 Å². The maximum atomic E-state index is 12.9. The lowest BCUT2D eigenvalue weighted by atomic mass is 10.0. The molecule has 2 heterocycles. The number of aryl methyl sites for hydroxylation is 1. The van der Waals surface area contributed by atoms with Crippen molar-refractivity contribution in [2.75, 3.05) is 6.61 Å². The summed E-state index contributed by atoms with van der Waals surface area (Å²) in [6, 6.07) is 13.9. The molecule has 0 bridgehead atoms. The van der Waals surface area contributed by atoms with Crippen LogP contribution in [-0.4, -0.2) is 17.4 Å². The fourth-order valence-corrected chi connectivity index (χ4v) is 3.61. The fourth-order valence-electron chi connectivity index (χ4n) is 2.89. The number of nitrogens with zero attached hydrogens (tertiary/aromatic N) is 1. The number of carbonyl (C=O) groups is 1. The smallest absolute Gasteiger partial charge is 0.261 e. The second-order valence-corrected chi connectivity index (χ2v) is 7.93. The minimum atomic E-state index is -0.0592. The van der Waals surface area contributed by atoms with Crippen molar-refractivity contribution in [2.24, 2.45) is 0 Å². The van der Waals surface area contributed by atoms with E-state index in [1.165, 1.54) is 0 Å². The first-order valence-corrected chi connectivity index (χ1v) is 9.97. The highest BCUT2D eigenvalue weighted by Crippen LogP contribution is 2.27. The van der Waals surface area contributed by atoms with E-state index in [0.29, 0.717) is 19.0 Å². The average molecular weight is 384 g/mol. The number of hydrogen-bond donors (Lipinski definition) is 0. The van der Waals surface area contributed by atoms with Crippen molar-refractivity contribution in [3.05, 3.63) is 75.9 Å². The Balaban J connectivity index is 1.71. The minimum absolute atomic E-state index is 0.00918. The molecule has 27 heavy (non-hydrogen) atoms. The van der Waals surface area contributed by atoms with E-state index in [1.807, 2.05) is 42.6 Å². The number of rotatable bonds is 8. The molecule has 3 rings (SSSR count). The molecular weight excluding hydrogens is 358 g/mol. The van der Waals surface area contributed by atoms with Crippen LogP contribution in [0, 0.1) is 6.92 Å². The van der Waals surface area contributed by atoms with Crippen LogP contribution in [0.3, 0.4) is 0 Å². The molecule has 5 heteroatoms. The van der Waals surface area contributed by atoms with Crippen molar-refractivity contribution >= 4 is 17.2 Å². The Bertz CT molecular complexity index is 818. The van der Waals surface area contributed by atoms with E-state index in [2.05, 4.69) is 26.0 Å². The third-order valence-corrected chi connectivity index (χ3v) is 5.21. The van der Waals surface area contributed by atoms with Crippen LogP contribution in [0.2, 0.25) is 0 Å². The van der Waals surface area contributed by atoms with E-state index in [9.17, 15) is 4.79 Å². The number of benzene rings is 1. The lowest BCUT2D eigenvalue weighted by molar-refractivity contribution is -0.134. The van der Waals surface area contributed by atoms with Crippen LogP contribution in [0.25, 0.3) is 0 Å². The summed E-state index contributed by atoms with van der Waals surface area (Å²) in [5.74, 6) is 1.82. The van der Waals surface area contributed by atoms with Crippen LogP contribution < -0.4 is 4.74 Å². The molecule has 0 aliphatic carbocycles. The normalized spacial score (nSPS) is 11.0. The van der Waals surface area contributed by atoms with Gasteiger partial charge >= 0.3 is 0 Å². The Kier molecular flexibility index (Phi) is 6.35. The maximum absolute atomic E-state index is 12.9. The van der Waals surface area contributed by atoms with Crippen molar-refractivity contribution in [3.8, 4) is 5.75 Å². The first-order valence-electron chi connectivity index (χ1n) is 9.09. The molecule has 0 unspecified atom stereocenters. The highest BCUT2D eigenvalue weighted by molar-refractivity contribution is 7.09. The quantitative estimate of drug-likeness (QED) is 0.524. The van der Waals surface area contributed by atoms with Gasteiger partial charge in [0.25, 0.3) is 5.91 Å². The summed E-state index contributed by atoms with van der Waals surface area (Å²) in [6.45, 7) is 7.26. The van der Waals surface area contributed by atoms with E-state index in [-0.39, 0.29) is 12.5 Å². The van der Waals surface area contributed by atoms with E-state index in [0.717, 1.165) is 27.5 Å². The minimum Gasteiger partial charge on any atom is -0.483 e. The van der Waals surface area contributed by atoms with E-state index in [4.69, 9.17) is 9.15 Å². The Labute approximate surface area is 164 Å². The number of amides is 1. The van der Waals surface area contributed by atoms with E-state index >= 15 is 0 Å². The van der Waals surface area contributed by atoms with Gasteiger partial charge < -0.3 is 14.1 Å². The predicted octanol–water partition coefficient (Wildman–Crippen LogP) is 5.38. The molecule has 3 aromatic rings. The molecule has 0 fully saturated rings. The molecule has 0 saturated heterocycles. The molecule has 0 aliphatic heterocycles. The highest BCUT2D eigenvalue weighted by Gasteiger charge is 2.18. The van der Waals surface area contributed by atoms with Crippen molar-refractivity contribution in [1.82, 2.24) is 4.90 Å². The zero-order valence-electron chi connectivity index (χ0n) is 16.0. The van der Waals surface area contributed by atoms with Crippen LogP contribution in [-0.2, 0) is 17.9 Å². The molecule has 0 N–H and O–H groups in total. The van der Waals surface area contributed by atoms with E-state index in [1.54, 1.807) is 22.5 Å². The zero-order valence-corrected chi connectivity index (χ0v) is 16.8. The molecule has 0 saturated carbocycles. The van der Waals surface area contributed by atoms with Crippen LogP contribution in [0.1, 0.15) is 41.5 Å². The number of furan rings is 1. The standard InChI is InChI=1S/C22H25NO3S/c1-16(2)20-9-8-17(3)12-21(20)26-15-22(24)23(13-18-6-4-10-25-18)14-19-7-5-11-27-19/h4-12,16H,13-15H2,1-3H3. The Morgan fingerprint density at radius 2 is 2.04 bits per heavy atom. The summed E-state index contributed by atoms with van der Waals surface area (Å²) < 4.78 is 11.4. The lowest BCUT2D eigenvalue weighted by Crippen LogP contribution is -2.33. The van der Waals surface area contributed by atoms with Gasteiger partial charge in [0.1, 0.15) is 11.5 Å².